The number of rotatable bonds is 9. The molecule has 0 saturated carbocycles. The molecule has 7 nitrogen and oxygen atoms in total. The third kappa shape index (κ3) is 7.59. The lowest BCUT2D eigenvalue weighted by Crippen LogP contribution is -2.39. The lowest BCUT2D eigenvalue weighted by atomic mass is 10.0. The molecule has 1 atom stereocenters. The van der Waals surface area contributed by atoms with Crippen molar-refractivity contribution in [2.45, 2.75) is 37.9 Å². The van der Waals surface area contributed by atoms with E-state index in [4.69, 9.17) is 11.6 Å². The Bertz CT molecular complexity index is 1280. The van der Waals surface area contributed by atoms with Gasteiger partial charge in [-0.15, -0.1) is 5.10 Å². The van der Waals surface area contributed by atoms with Crippen molar-refractivity contribution in [3.05, 3.63) is 75.2 Å². The molecule has 0 aliphatic heterocycles. The molecule has 3 aromatic rings. The van der Waals surface area contributed by atoms with E-state index in [1.165, 1.54) is 43.4 Å². The summed E-state index contributed by atoms with van der Waals surface area (Å²) in [5.74, 6) is -0.869. The van der Waals surface area contributed by atoms with Crippen molar-refractivity contribution >= 4 is 17.5 Å². The van der Waals surface area contributed by atoms with E-state index in [9.17, 15) is 35.9 Å². The highest BCUT2D eigenvalue weighted by molar-refractivity contribution is 6.30. The fourth-order valence-corrected chi connectivity index (χ4v) is 3.69. The molecule has 1 heterocycles. The van der Waals surface area contributed by atoms with Crippen molar-refractivity contribution in [1.82, 2.24) is 25.0 Å². The van der Waals surface area contributed by atoms with Crippen molar-refractivity contribution in [2.75, 3.05) is 13.6 Å². The van der Waals surface area contributed by atoms with Crippen LogP contribution in [-0.2, 0) is 24.1 Å². The van der Waals surface area contributed by atoms with Crippen LogP contribution in [0.5, 0.6) is 0 Å². The monoisotopic (exact) mass is 549 g/mol. The molecule has 1 amide bonds. The van der Waals surface area contributed by atoms with E-state index in [1.54, 1.807) is 0 Å². The van der Waals surface area contributed by atoms with Crippen LogP contribution in [0.2, 0.25) is 5.02 Å². The SMILES string of the molecule is CNCC(NC(=O)Cn1nc(-c2ccc(Cl)cc2)n(CCC(F)(F)F)c1=O)c1cccc(C(F)(F)F)c1. The number of benzene rings is 2. The Labute approximate surface area is 212 Å². The van der Waals surface area contributed by atoms with Crippen LogP contribution in [0.1, 0.15) is 23.6 Å². The maximum Gasteiger partial charge on any atom is 0.416 e. The van der Waals surface area contributed by atoms with Crippen molar-refractivity contribution in [1.29, 1.82) is 0 Å². The zero-order chi connectivity index (χ0) is 27.4. The van der Waals surface area contributed by atoms with Gasteiger partial charge in [0.2, 0.25) is 5.91 Å². The zero-order valence-electron chi connectivity index (χ0n) is 19.3. The van der Waals surface area contributed by atoms with Gasteiger partial charge in [0.05, 0.1) is 18.0 Å². The number of hydrogen-bond acceptors (Lipinski definition) is 4. The summed E-state index contributed by atoms with van der Waals surface area (Å²) in [6.45, 7) is -1.33. The normalized spacial score (nSPS) is 13.0. The number of likely N-dealkylation sites (N-methyl/N-ethyl adjacent to an activating group) is 1. The number of amides is 1. The van der Waals surface area contributed by atoms with Crippen LogP contribution >= 0.6 is 11.6 Å². The lowest BCUT2D eigenvalue weighted by Gasteiger charge is -2.20. The molecule has 2 aromatic carbocycles. The van der Waals surface area contributed by atoms with Gasteiger partial charge in [-0.1, -0.05) is 23.7 Å². The largest absolute Gasteiger partial charge is 0.416 e. The number of halogens is 7. The molecule has 37 heavy (non-hydrogen) atoms. The standard InChI is InChI=1S/C23H22ClF6N5O2/c1-31-12-18(15-3-2-4-16(11-15)23(28,29)30)32-19(36)13-35-21(37)34(10-9-22(25,26)27)20(33-35)14-5-7-17(24)8-6-14/h2-8,11,18,31H,9-10,12-13H2,1H3,(H,32,36). The van der Waals surface area contributed by atoms with E-state index >= 15 is 0 Å². The summed E-state index contributed by atoms with van der Waals surface area (Å²) in [4.78, 5) is 25.6. The minimum absolute atomic E-state index is 0.0675. The third-order valence-electron chi connectivity index (χ3n) is 5.30. The first-order valence-corrected chi connectivity index (χ1v) is 11.3. The highest BCUT2D eigenvalue weighted by atomic mass is 35.5. The van der Waals surface area contributed by atoms with Gasteiger partial charge in [-0.05, 0) is 49.0 Å². The van der Waals surface area contributed by atoms with Gasteiger partial charge in [-0.25, -0.2) is 9.48 Å². The van der Waals surface area contributed by atoms with Crippen molar-refractivity contribution in [3.63, 3.8) is 0 Å². The second kappa shape index (κ2) is 11.4. The van der Waals surface area contributed by atoms with Crippen molar-refractivity contribution in [3.8, 4) is 11.4 Å². The van der Waals surface area contributed by atoms with Crippen LogP contribution in [0.3, 0.4) is 0 Å². The van der Waals surface area contributed by atoms with Gasteiger partial charge in [0.1, 0.15) is 6.54 Å². The Kier molecular flexibility index (Phi) is 8.69. The second-order valence-corrected chi connectivity index (χ2v) is 8.52. The Morgan fingerprint density at radius 3 is 2.35 bits per heavy atom. The van der Waals surface area contributed by atoms with Gasteiger partial charge in [-0.3, -0.25) is 9.36 Å². The van der Waals surface area contributed by atoms with Gasteiger partial charge in [0, 0.05) is 23.7 Å². The number of nitrogens with one attached hydrogen (secondary N) is 2. The molecule has 1 aromatic heterocycles. The number of carbonyl (C=O) groups excluding carboxylic acids is 1. The predicted octanol–water partition coefficient (Wildman–Crippen LogP) is 4.41. The minimum atomic E-state index is -4.58. The van der Waals surface area contributed by atoms with Crippen LogP contribution < -0.4 is 16.3 Å². The van der Waals surface area contributed by atoms with Crippen LogP contribution in [0.4, 0.5) is 26.3 Å². The molecule has 1 unspecified atom stereocenters. The van der Waals surface area contributed by atoms with Gasteiger partial charge < -0.3 is 10.6 Å². The predicted molar refractivity (Wildman–Crippen MR) is 124 cm³/mol. The van der Waals surface area contributed by atoms with E-state index in [1.807, 2.05) is 0 Å². The molecule has 14 heteroatoms. The Morgan fingerprint density at radius 2 is 1.76 bits per heavy atom. The van der Waals surface area contributed by atoms with Gasteiger partial charge in [-0.2, -0.15) is 26.3 Å². The van der Waals surface area contributed by atoms with E-state index in [-0.39, 0.29) is 17.9 Å². The van der Waals surface area contributed by atoms with E-state index in [0.29, 0.717) is 15.3 Å². The van der Waals surface area contributed by atoms with Crippen molar-refractivity contribution < 1.29 is 31.1 Å². The van der Waals surface area contributed by atoms with Crippen LogP contribution in [0.15, 0.2) is 53.3 Å². The molecule has 0 radical (unpaired) electrons. The summed E-state index contributed by atoms with van der Waals surface area (Å²) in [7, 11) is 1.54. The second-order valence-electron chi connectivity index (χ2n) is 8.09. The molecule has 0 aliphatic carbocycles. The number of carbonyl (C=O) groups is 1. The average molecular weight is 550 g/mol. The fourth-order valence-electron chi connectivity index (χ4n) is 3.56. The summed E-state index contributed by atoms with van der Waals surface area (Å²) in [6, 6.07) is 9.40. The first-order valence-electron chi connectivity index (χ1n) is 10.9. The van der Waals surface area contributed by atoms with Gasteiger partial charge >= 0.3 is 18.0 Å². The quantitative estimate of drug-likeness (QED) is 0.388. The molecule has 200 valence electrons. The molecular weight excluding hydrogens is 528 g/mol. The highest BCUT2D eigenvalue weighted by Gasteiger charge is 2.31. The smallest absolute Gasteiger partial charge is 0.346 e. The number of hydrogen-bond donors (Lipinski definition) is 2. The van der Waals surface area contributed by atoms with Crippen LogP contribution in [0, 0.1) is 0 Å². The molecule has 0 fully saturated rings. The molecule has 0 saturated heterocycles. The number of alkyl halides is 6. The maximum absolute atomic E-state index is 13.1. The summed E-state index contributed by atoms with van der Waals surface area (Å²) >= 11 is 5.86. The molecule has 2 N–H and O–H groups in total. The Balaban J connectivity index is 1.88. The minimum Gasteiger partial charge on any atom is -0.346 e. The first-order chi connectivity index (χ1) is 17.3. The Morgan fingerprint density at radius 1 is 1.08 bits per heavy atom. The number of nitrogens with zero attached hydrogens (tertiary/aromatic N) is 3. The summed E-state index contributed by atoms with van der Waals surface area (Å²) in [5.41, 5.74) is -1.37. The van der Waals surface area contributed by atoms with Crippen LogP contribution in [-0.4, -0.2) is 40.0 Å². The molecule has 0 spiro atoms. The first kappa shape index (κ1) is 28.3. The van der Waals surface area contributed by atoms with Gasteiger partial charge in [0.25, 0.3) is 0 Å². The fraction of sp³-hybridized carbons (Fsp3) is 0.348. The van der Waals surface area contributed by atoms with Gasteiger partial charge in [0.15, 0.2) is 5.82 Å². The topological polar surface area (TPSA) is 80.9 Å². The van der Waals surface area contributed by atoms with Crippen molar-refractivity contribution in [2.24, 2.45) is 0 Å². The molecule has 3 rings (SSSR count). The third-order valence-corrected chi connectivity index (χ3v) is 5.55. The highest BCUT2D eigenvalue weighted by Crippen LogP contribution is 2.31. The Hall–Kier alpha value is -3.32. The number of aromatic nitrogens is 3. The summed E-state index contributed by atoms with van der Waals surface area (Å²) < 4.78 is 79.4. The summed E-state index contributed by atoms with van der Waals surface area (Å²) in [5, 5.41) is 9.73. The summed E-state index contributed by atoms with van der Waals surface area (Å²) in [6.07, 6.45) is -10.4. The molecular formula is C23H22ClF6N5O2. The lowest BCUT2D eigenvalue weighted by molar-refractivity contribution is -0.138. The van der Waals surface area contributed by atoms with E-state index in [2.05, 4.69) is 15.7 Å². The van der Waals surface area contributed by atoms with Crippen LogP contribution in [0.25, 0.3) is 11.4 Å². The molecule has 0 bridgehead atoms. The maximum atomic E-state index is 13.1. The van der Waals surface area contributed by atoms with E-state index < -0.39 is 55.1 Å². The zero-order valence-corrected chi connectivity index (χ0v) is 20.1. The van der Waals surface area contributed by atoms with E-state index in [0.717, 1.165) is 16.7 Å². The average Bonchev–Trinajstić information content (AvgIpc) is 3.12. The molecule has 0 aliphatic rings.